The highest BCUT2D eigenvalue weighted by Crippen LogP contribution is 2.25. The van der Waals surface area contributed by atoms with Crippen LogP contribution in [0.3, 0.4) is 0 Å². The molecule has 1 saturated heterocycles. The predicted molar refractivity (Wildman–Crippen MR) is 96.2 cm³/mol. The molecule has 1 atom stereocenters. The summed E-state index contributed by atoms with van der Waals surface area (Å²) in [7, 11) is 0. The number of benzene rings is 1. The Balaban J connectivity index is 1.53. The molecule has 25 heavy (non-hydrogen) atoms. The Bertz CT molecular complexity index is 738. The largest absolute Gasteiger partial charge is 0.487 e. The molecule has 2 aromatic rings. The van der Waals surface area contributed by atoms with Gasteiger partial charge in [-0.2, -0.15) is 0 Å². The van der Waals surface area contributed by atoms with Gasteiger partial charge < -0.3 is 14.4 Å². The Hall–Kier alpha value is -2.27. The monoisotopic (exact) mass is 360 g/mol. The lowest BCUT2D eigenvalue weighted by Crippen LogP contribution is -2.46. The minimum Gasteiger partial charge on any atom is -0.487 e. The molecule has 0 saturated carbocycles. The summed E-state index contributed by atoms with van der Waals surface area (Å²) in [6.45, 7) is 3.28. The normalized spacial score (nSPS) is 17.2. The molecule has 0 bridgehead atoms. The van der Waals surface area contributed by atoms with E-state index in [1.165, 1.54) is 0 Å². The number of ether oxygens (including phenoxy) is 2. The van der Waals surface area contributed by atoms with Gasteiger partial charge in [-0.1, -0.05) is 23.7 Å². The first-order valence-electron chi connectivity index (χ1n) is 8.35. The van der Waals surface area contributed by atoms with E-state index in [2.05, 4.69) is 4.98 Å². The van der Waals surface area contributed by atoms with E-state index < -0.39 is 0 Å². The second-order valence-electron chi connectivity index (χ2n) is 6.13. The van der Waals surface area contributed by atoms with Crippen LogP contribution in [0.2, 0.25) is 5.02 Å². The van der Waals surface area contributed by atoms with Gasteiger partial charge in [-0.05, 0) is 37.5 Å². The van der Waals surface area contributed by atoms with Crippen molar-refractivity contribution in [2.45, 2.75) is 25.9 Å². The van der Waals surface area contributed by atoms with E-state index in [0.29, 0.717) is 23.1 Å². The van der Waals surface area contributed by atoms with Crippen molar-refractivity contribution in [1.29, 1.82) is 0 Å². The molecule has 0 N–H and O–H groups in total. The summed E-state index contributed by atoms with van der Waals surface area (Å²) in [4.78, 5) is 18.2. The number of pyridine rings is 1. The number of aryl methyl sites for hydroxylation is 1. The fraction of sp³-hybridized carbons (Fsp3) is 0.368. The predicted octanol–water partition coefficient (Wildman–Crippen LogP) is 3.49. The Morgan fingerprint density at radius 2 is 2.28 bits per heavy atom. The quantitative estimate of drug-likeness (QED) is 0.819. The number of aromatic nitrogens is 1. The number of rotatable bonds is 5. The molecule has 1 aliphatic heterocycles. The number of carbonyl (C=O) groups excluding carboxylic acids is 1. The highest BCUT2D eigenvalue weighted by atomic mass is 35.5. The highest BCUT2D eigenvalue weighted by Gasteiger charge is 2.25. The van der Waals surface area contributed by atoms with Crippen LogP contribution in [0, 0.1) is 6.92 Å². The zero-order chi connectivity index (χ0) is 17.6. The van der Waals surface area contributed by atoms with E-state index in [0.717, 1.165) is 24.9 Å². The number of hydrogen-bond donors (Lipinski definition) is 0. The first-order chi connectivity index (χ1) is 12.1. The van der Waals surface area contributed by atoms with Gasteiger partial charge in [-0.3, -0.25) is 9.78 Å². The summed E-state index contributed by atoms with van der Waals surface area (Å²) < 4.78 is 11.6. The molecule has 1 fully saturated rings. The van der Waals surface area contributed by atoms with Gasteiger partial charge in [-0.15, -0.1) is 0 Å². The lowest BCUT2D eigenvalue weighted by Gasteiger charge is -2.33. The van der Waals surface area contributed by atoms with Crippen LogP contribution in [0.1, 0.15) is 18.4 Å². The number of likely N-dealkylation sites (tertiary alicyclic amines) is 1. The molecule has 3 rings (SSSR count). The number of amides is 1. The summed E-state index contributed by atoms with van der Waals surface area (Å²) in [5, 5.41) is 0.480. The van der Waals surface area contributed by atoms with Crippen LogP contribution in [-0.4, -0.2) is 41.6 Å². The van der Waals surface area contributed by atoms with Gasteiger partial charge in [0.05, 0.1) is 6.54 Å². The van der Waals surface area contributed by atoms with Crippen molar-refractivity contribution >= 4 is 17.5 Å². The molecule has 1 unspecified atom stereocenters. The van der Waals surface area contributed by atoms with Crippen LogP contribution in [0.15, 0.2) is 42.7 Å². The lowest BCUT2D eigenvalue weighted by molar-refractivity contribution is -0.136. The molecule has 1 aromatic carbocycles. The van der Waals surface area contributed by atoms with Crippen molar-refractivity contribution in [1.82, 2.24) is 9.88 Å². The van der Waals surface area contributed by atoms with Gasteiger partial charge in [0.25, 0.3) is 5.91 Å². The molecule has 0 radical (unpaired) electrons. The van der Waals surface area contributed by atoms with Crippen LogP contribution in [0.25, 0.3) is 0 Å². The lowest BCUT2D eigenvalue weighted by atomic mass is 10.1. The molecule has 1 aromatic heterocycles. The summed E-state index contributed by atoms with van der Waals surface area (Å²) in [5.41, 5.74) is 1.10. The second-order valence-corrected chi connectivity index (χ2v) is 6.54. The molecular formula is C19H21ClN2O3. The van der Waals surface area contributed by atoms with Crippen LogP contribution < -0.4 is 9.47 Å². The van der Waals surface area contributed by atoms with Crippen LogP contribution in [0.5, 0.6) is 11.5 Å². The molecule has 6 heteroatoms. The zero-order valence-electron chi connectivity index (χ0n) is 14.2. The minimum absolute atomic E-state index is 0.0318. The van der Waals surface area contributed by atoms with Crippen LogP contribution >= 0.6 is 11.6 Å². The standard InChI is InChI=1S/C19H21ClN2O3/c1-14-4-2-5-15(10-14)24-13-19(23)22-9-3-6-16(12-22)25-18-7-8-21-11-17(18)20/h2,4-5,7-8,10-11,16H,3,6,9,12-13H2,1H3. The highest BCUT2D eigenvalue weighted by molar-refractivity contribution is 6.31. The Kier molecular flexibility index (Phi) is 5.76. The van der Waals surface area contributed by atoms with Crippen LogP contribution in [0.4, 0.5) is 0 Å². The third kappa shape index (κ3) is 4.86. The second kappa shape index (κ2) is 8.21. The van der Waals surface area contributed by atoms with E-state index in [1.54, 1.807) is 23.4 Å². The van der Waals surface area contributed by atoms with Gasteiger partial charge >= 0.3 is 0 Å². The van der Waals surface area contributed by atoms with E-state index in [9.17, 15) is 4.79 Å². The third-order valence-electron chi connectivity index (χ3n) is 4.11. The molecule has 5 nitrogen and oxygen atoms in total. The van der Waals surface area contributed by atoms with Crippen molar-refractivity contribution in [3.05, 3.63) is 53.3 Å². The number of halogens is 1. The summed E-state index contributed by atoms with van der Waals surface area (Å²) >= 11 is 6.08. The van der Waals surface area contributed by atoms with Gasteiger partial charge in [0.15, 0.2) is 6.61 Å². The summed E-state index contributed by atoms with van der Waals surface area (Å²) in [6, 6.07) is 9.42. The van der Waals surface area contributed by atoms with Gasteiger partial charge in [0, 0.05) is 25.0 Å². The maximum absolute atomic E-state index is 12.4. The fourth-order valence-corrected chi connectivity index (χ4v) is 3.00. The van der Waals surface area contributed by atoms with Gasteiger partial charge in [0.1, 0.15) is 22.6 Å². The van der Waals surface area contributed by atoms with Crippen molar-refractivity contribution in [2.75, 3.05) is 19.7 Å². The topological polar surface area (TPSA) is 51.7 Å². The Labute approximate surface area is 152 Å². The summed E-state index contributed by atoms with van der Waals surface area (Å²) in [6.07, 6.45) is 4.91. The van der Waals surface area contributed by atoms with E-state index in [4.69, 9.17) is 21.1 Å². The zero-order valence-corrected chi connectivity index (χ0v) is 14.9. The van der Waals surface area contributed by atoms with Crippen molar-refractivity contribution in [3.63, 3.8) is 0 Å². The van der Waals surface area contributed by atoms with Gasteiger partial charge in [-0.25, -0.2) is 0 Å². The van der Waals surface area contributed by atoms with Crippen molar-refractivity contribution in [3.8, 4) is 11.5 Å². The van der Waals surface area contributed by atoms with Crippen molar-refractivity contribution in [2.24, 2.45) is 0 Å². The first-order valence-corrected chi connectivity index (χ1v) is 8.73. The molecule has 132 valence electrons. The van der Waals surface area contributed by atoms with E-state index in [1.807, 2.05) is 31.2 Å². The number of piperidine rings is 1. The maximum atomic E-state index is 12.4. The molecular weight excluding hydrogens is 340 g/mol. The smallest absolute Gasteiger partial charge is 0.260 e. The maximum Gasteiger partial charge on any atom is 0.260 e. The molecule has 2 heterocycles. The number of hydrogen-bond acceptors (Lipinski definition) is 4. The average molecular weight is 361 g/mol. The van der Waals surface area contributed by atoms with E-state index >= 15 is 0 Å². The Morgan fingerprint density at radius 3 is 3.08 bits per heavy atom. The molecule has 0 spiro atoms. The first kappa shape index (κ1) is 17.5. The average Bonchev–Trinajstić information content (AvgIpc) is 2.62. The molecule has 0 aliphatic carbocycles. The number of carbonyl (C=O) groups is 1. The Morgan fingerprint density at radius 1 is 1.40 bits per heavy atom. The molecule has 1 aliphatic rings. The third-order valence-corrected chi connectivity index (χ3v) is 4.40. The van der Waals surface area contributed by atoms with E-state index in [-0.39, 0.29) is 18.6 Å². The minimum atomic E-state index is -0.0726. The van der Waals surface area contributed by atoms with Crippen molar-refractivity contribution < 1.29 is 14.3 Å². The molecule has 1 amide bonds. The number of nitrogens with zero attached hydrogens (tertiary/aromatic N) is 2. The SMILES string of the molecule is Cc1cccc(OCC(=O)N2CCCC(Oc3ccncc3Cl)C2)c1. The van der Waals surface area contributed by atoms with Gasteiger partial charge in [0.2, 0.25) is 0 Å². The van der Waals surface area contributed by atoms with Crippen LogP contribution in [-0.2, 0) is 4.79 Å². The fourth-order valence-electron chi connectivity index (χ4n) is 2.84. The summed E-state index contributed by atoms with van der Waals surface area (Å²) in [5.74, 6) is 1.28.